The lowest BCUT2D eigenvalue weighted by Gasteiger charge is -2.15. The van der Waals surface area contributed by atoms with E-state index >= 15 is 0 Å². The van der Waals surface area contributed by atoms with Gasteiger partial charge in [-0.3, -0.25) is 0 Å². The lowest BCUT2D eigenvalue weighted by atomic mass is 10.1. The second-order valence-corrected chi connectivity index (χ2v) is 6.62. The molecule has 0 unspecified atom stereocenters. The average Bonchev–Trinajstić information content (AvgIpc) is 2.95. The van der Waals surface area contributed by atoms with Gasteiger partial charge in [0.25, 0.3) is 5.89 Å². The second-order valence-electron chi connectivity index (χ2n) is 6.19. The summed E-state index contributed by atoms with van der Waals surface area (Å²) in [6, 6.07) is 3.44. The number of aryl methyl sites for hydroxylation is 1. The number of carbonyl (C=O) groups excluding carboxylic acids is 1. The number of hydrogen-bond donors (Lipinski definition) is 2. The molecule has 1 saturated carbocycles. The Balaban J connectivity index is 1.41. The molecular weight excluding hydrogens is 332 g/mol. The minimum Gasteiger partial charge on any atom is -0.493 e. The molecule has 0 bridgehead atoms. The number of hydrogen-bond acceptors (Lipinski definition) is 5. The first-order valence-corrected chi connectivity index (χ1v) is 8.24. The van der Waals surface area contributed by atoms with Crippen LogP contribution in [-0.4, -0.2) is 22.8 Å². The van der Waals surface area contributed by atoms with Crippen molar-refractivity contribution in [3.05, 3.63) is 40.0 Å². The number of fused-ring (bicyclic) bond motifs is 1. The molecule has 24 heavy (non-hydrogen) atoms. The molecular formula is C16H17ClN4O3. The predicted octanol–water partition coefficient (Wildman–Crippen LogP) is 2.45. The summed E-state index contributed by atoms with van der Waals surface area (Å²) in [5.41, 5.74) is 1.43. The molecule has 2 amide bonds. The molecule has 0 spiro atoms. The molecule has 0 radical (unpaired) electrons. The zero-order valence-corrected chi connectivity index (χ0v) is 13.9. The highest BCUT2D eigenvalue weighted by Crippen LogP contribution is 2.44. The van der Waals surface area contributed by atoms with Crippen molar-refractivity contribution in [2.24, 2.45) is 0 Å². The molecule has 2 heterocycles. The van der Waals surface area contributed by atoms with Crippen LogP contribution in [-0.2, 0) is 18.5 Å². The number of aromatic nitrogens is 2. The van der Waals surface area contributed by atoms with Crippen LogP contribution in [0.2, 0.25) is 5.02 Å². The molecule has 1 aromatic heterocycles. The first-order valence-electron chi connectivity index (χ1n) is 7.87. The van der Waals surface area contributed by atoms with Gasteiger partial charge >= 0.3 is 6.03 Å². The van der Waals surface area contributed by atoms with E-state index in [4.69, 9.17) is 20.9 Å². The van der Waals surface area contributed by atoms with E-state index in [0.717, 1.165) is 36.1 Å². The summed E-state index contributed by atoms with van der Waals surface area (Å²) >= 11 is 6.13. The van der Waals surface area contributed by atoms with Gasteiger partial charge in [0.05, 0.1) is 6.61 Å². The van der Waals surface area contributed by atoms with E-state index in [2.05, 4.69) is 20.8 Å². The van der Waals surface area contributed by atoms with Gasteiger partial charge in [-0.2, -0.15) is 4.98 Å². The molecule has 7 nitrogen and oxygen atoms in total. The topological polar surface area (TPSA) is 89.3 Å². The van der Waals surface area contributed by atoms with Crippen LogP contribution in [0.3, 0.4) is 0 Å². The average molecular weight is 349 g/mol. The minimum atomic E-state index is -0.530. The van der Waals surface area contributed by atoms with Crippen LogP contribution in [0.15, 0.2) is 16.7 Å². The Kier molecular flexibility index (Phi) is 3.60. The maximum atomic E-state index is 12.3. The number of nitrogens with one attached hydrogen (secondary N) is 2. The molecule has 1 aromatic carbocycles. The van der Waals surface area contributed by atoms with Crippen molar-refractivity contribution in [2.75, 3.05) is 6.61 Å². The Bertz CT molecular complexity index is 801. The molecule has 2 N–H and O–H groups in total. The van der Waals surface area contributed by atoms with Gasteiger partial charge in [0, 0.05) is 23.6 Å². The highest BCUT2D eigenvalue weighted by molar-refractivity contribution is 6.30. The van der Waals surface area contributed by atoms with Gasteiger partial charge in [-0.1, -0.05) is 16.8 Å². The first kappa shape index (κ1) is 15.3. The molecule has 4 rings (SSSR count). The smallest absolute Gasteiger partial charge is 0.315 e. The van der Waals surface area contributed by atoms with Crippen molar-refractivity contribution in [3.8, 4) is 5.75 Å². The van der Waals surface area contributed by atoms with Crippen LogP contribution in [0.1, 0.15) is 35.7 Å². The second kappa shape index (κ2) is 5.66. The van der Waals surface area contributed by atoms with Crippen LogP contribution in [0.5, 0.6) is 5.75 Å². The lowest BCUT2D eigenvalue weighted by Crippen LogP contribution is -2.42. The third-order valence-corrected chi connectivity index (χ3v) is 4.52. The Labute approximate surface area is 143 Å². The van der Waals surface area contributed by atoms with Gasteiger partial charge in [0.2, 0.25) is 0 Å². The predicted molar refractivity (Wildman–Crippen MR) is 86.0 cm³/mol. The summed E-state index contributed by atoms with van der Waals surface area (Å²) in [6.45, 7) is 2.74. The summed E-state index contributed by atoms with van der Waals surface area (Å²) in [5.74, 6) is 1.85. The fourth-order valence-corrected chi connectivity index (χ4v) is 3.19. The number of halogens is 1. The molecule has 2 aromatic rings. The van der Waals surface area contributed by atoms with E-state index in [1.165, 1.54) is 0 Å². The van der Waals surface area contributed by atoms with Gasteiger partial charge in [-0.15, -0.1) is 0 Å². The van der Waals surface area contributed by atoms with Crippen LogP contribution in [0.4, 0.5) is 4.79 Å². The molecule has 8 heteroatoms. The molecule has 126 valence electrons. The van der Waals surface area contributed by atoms with E-state index in [0.29, 0.717) is 29.9 Å². The van der Waals surface area contributed by atoms with Gasteiger partial charge < -0.3 is 19.9 Å². The Hall–Kier alpha value is -2.28. The van der Waals surface area contributed by atoms with E-state index in [1.807, 2.05) is 12.1 Å². The quantitative estimate of drug-likeness (QED) is 0.885. The van der Waals surface area contributed by atoms with Gasteiger partial charge in [0.15, 0.2) is 5.82 Å². The molecule has 1 fully saturated rings. The number of rotatable bonds is 4. The van der Waals surface area contributed by atoms with Crippen LogP contribution in [0, 0.1) is 6.92 Å². The van der Waals surface area contributed by atoms with E-state index in [9.17, 15) is 4.79 Å². The zero-order chi connectivity index (χ0) is 16.7. The number of carbonyl (C=O) groups is 1. The number of benzene rings is 1. The van der Waals surface area contributed by atoms with Gasteiger partial charge in [0.1, 0.15) is 11.3 Å². The lowest BCUT2D eigenvalue weighted by molar-refractivity contribution is 0.229. The standard InChI is InChI=1S/C16H17ClN4O3/c1-9-19-14(24-21-9)16(3-4-16)20-15(22)18-8-11-7-12(17)6-10-2-5-23-13(10)11/h6-7H,2-5,8H2,1H3,(H2,18,20,22). The van der Waals surface area contributed by atoms with Gasteiger partial charge in [-0.25, -0.2) is 4.79 Å². The fraction of sp³-hybridized carbons (Fsp3) is 0.438. The summed E-state index contributed by atoms with van der Waals surface area (Å²) < 4.78 is 10.8. The minimum absolute atomic E-state index is 0.282. The molecule has 1 aliphatic heterocycles. The van der Waals surface area contributed by atoms with Crippen molar-refractivity contribution in [1.82, 2.24) is 20.8 Å². The summed E-state index contributed by atoms with van der Waals surface area (Å²) in [7, 11) is 0. The maximum absolute atomic E-state index is 12.3. The first-order chi connectivity index (χ1) is 11.6. The number of urea groups is 1. The molecule has 1 aliphatic carbocycles. The molecule has 0 saturated heterocycles. The highest BCUT2D eigenvalue weighted by Gasteiger charge is 2.50. The number of nitrogens with zero attached hydrogens (tertiary/aromatic N) is 2. The van der Waals surface area contributed by atoms with Crippen LogP contribution >= 0.6 is 11.6 Å². The normalized spacial score (nSPS) is 17.1. The van der Waals surface area contributed by atoms with Crippen molar-refractivity contribution in [3.63, 3.8) is 0 Å². The highest BCUT2D eigenvalue weighted by atomic mass is 35.5. The van der Waals surface area contributed by atoms with Crippen molar-refractivity contribution in [2.45, 2.75) is 38.3 Å². The van der Waals surface area contributed by atoms with Crippen molar-refractivity contribution < 1.29 is 14.1 Å². The third-order valence-electron chi connectivity index (χ3n) is 4.30. The number of amides is 2. The maximum Gasteiger partial charge on any atom is 0.315 e. The Morgan fingerprint density at radius 3 is 2.96 bits per heavy atom. The monoisotopic (exact) mass is 348 g/mol. The number of ether oxygens (including phenoxy) is 1. The molecule has 2 aliphatic rings. The Morgan fingerprint density at radius 1 is 1.42 bits per heavy atom. The summed E-state index contributed by atoms with van der Waals surface area (Å²) in [4.78, 5) is 16.5. The Morgan fingerprint density at radius 2 is 2.25 bits per heavy atom. The summed E-state index contributed by atoms with van der Waals surface area (Å²) in [6.07, 6.45) is 2.42. The fourth-order valence-electron chi connectivity index (χ4n) is 2.92. The SMILES string of the molecule is Cc1noc(C2(NC(=O)NCc3cc(Cl)cc4c3OCC4)CC2)n1. The van der Waals surface area contributed by atoms with Crippen molar-refractivity contribution in [1.29, 1.82) is 0 Å². The van der Waals surface area contributed by atoms with Crippen LogP contribution < -0.4 is 15.4 Å². The largest absolute Gasteiger partial charge is 0.493 e. The van der Waals surface area contributed by atoms with Crippen molar-refractivity contribution >= 4 is 17.6 Å². The van der Waals surface area contributed by atoms with E-state index in [-0.39, 0.29) is 6.03 Å². The van der Waals surface area contributed by atoms with Gasteiger partial charge in [-0.05, 0) is 37.5 Å². The van der Waals surface area contributed by atoms with E-state index < -0.39 is 5.54 Å². The summed E-state index contributed by atoms with van der Waals surface area (Å²) in [5, 5.41) is 10.2. The zero-order valence-electron chi connectivity index (χ0n) is 13.2. The molecule has 0 atom stereocenters. The van der Waals surface area contributed by atoms with Crippen LogP contribution in [0.25, 0.3) is 0 Å². The van der Waals surface area contributed by atoms with E-state index in [1.54, 1.807) is 6.92 Å². The third kappa shape index (κ3) is 2.80.